The number of fused-ring (bicyclic) bond motifs is 1. The topological polar surface area (TPSA) is 62.2 Å². The number of nitrogens with one attached hydrogen (secondary N) is 1. The van der Waals surface area contributed by atoms with E-state index in [1.807, 2.05) is 24.3 Å². The highest BCUT2D eigenvalue weighted by Gasteiger charge is 2.25. The lowest BCUT2D eigenvalue weighted by atomic mass is 9.86. The maximum absolute atomic E-state index is 11.0. The van der Waals surface area contributed by atoms with E-state index in [0.29, 0.717) is 6.04 Å². The van der Waals surface area contributed by atoms with Crippen molar-refractivity contribution < 1.29 is 9.90 Å². The Balaban J connectivity index is 1.71. The van der Waals surface area contributed by atoms with Gasteiger partial charge in [-0.1, -0.05) is 12.1 Å². The Morgan fingerprint density at radius 3 is 2.67 bits per heavy atom. The molecular weight excluding hydrogens is 332 g/mol. The molecule has 0 bridgehead atoms. The fraction of sp³-hybridized carbons (Fsp3) is 0.375. The number of benzene rings is 1. The van der Waals surface area contributed by atoms with Gasteiger partial charge < -0.3 is 10.4 Å². The molecule has 1 fully saturated rings. The van der Waals surface area contributed by atoms with Crippen molar-refractivity contribution in [3.05, 3.63) is 34.8 Å². The predicted molar refractivity (Wildman–Crippen MR) is 86.4 cm³/mol. The molecule has 2 N–H and O–H groups in total. The molecule has 1 aromatic heterocycles. The first-order valence-electron chi connectivity index (χ1n) is 7.18. The fourth-order valence-electron chi connectivity index (χ4n) is 2.89. The van der Waals surface area contributed by atoms with Gasteiger partial charge in [-0.2, -0.15) is 0 Å². The van der Waals surface area contributed by atoms with Crippen LogP contribution >= 0.6 is 15.9 Å². The van der Waals surface area contributed by atoms with E-state index in [9.17, 15) is 4.79 Å². The van der Waals surface area contributed by atoms with E-state index in [-0.39, 0.29) is 5.92 Å². The third-order valence-corrected chi connectivity index (χ3v) is 4.74. The highest BCUT2D eigenvalue weighted by molar-refractivity contribution is 9.10. The number of rotatable bonds is 3. The summed E-state index contributed by atoms with van der Waals surface area (Å²) < 4.78 is 0.984. The van der Waals surface area contributed by atoms with Crippen molar-refractivity contribution in [2.24, 2.45) is 5.92 Å². The minimum Gasteiger partial charge on any atom is -0.481 e. The molecule has 110 valence electrons. The Labute approximate surface area is 131 Å². The molecule has 1 saturated carbocycles. The summed E-state index contributed by atoms with van der Waals surface area (Å²) in [5.41, 5.74) is 0.946. The van der Waals surface area contributed by atoms with Crippen molar-refractivity contribution in [1.29, 1.82) is 0 Å². The molecule has 0 saturated heterocycles. The fourth-order valence-corrected chi connectivity index (χ4v) is 3.36. The van der Waals surface area contributed by atoms with Crippen LogP contribution in [-0.4, -0.2) is 22.1 Å². The molecule has 21 heavy (non-hydrogen) atoms. The van der Waals surface area contributed by atoms with Crippen LogP contribution in [0, 0.1) is 5.92 Å². The molecule has 5 heteroatoms. The summed E-state index contributed by atoms with van der Waals surface area (Å²) in [6.07, 6.45) is 3.24. The molecule has 1 aliphatic rings. The summed E-state index contributed by atoms with van der Waals surface area (Å²) >= 11 is 3.52. The van der Waals surface area contributed by atoms with Gasteiger partial charge in [0.15, 0.2) is 0 Å². The number of pyridine rings is 1. The van der Waals surface area contributed by atoms with E-state index in [2.05, 4.69) is 32.3 Å². The maximum Gasteiger partial charge on any atom is 0.306 e. The van der Waals surface area contributed by atoms with Crippen molar-refractivity contribution in [3.63, 3.8) is 0 Å². The number of halogens is 1. The average Bonchev–Trinajstić information content (AvgIpc) is 2.49. The van der Waals surface area contributed by atoms with Crippen LogP contribution in [0.1, 0.15) is 25.7 Å². The summed E-state index contributed by atoms with van der Waals surface area (Å²) in [4.78, 5) is 15.6. The van der Waals surface area contributed by atoms with Gasteiger partial charge in [-0.05, 0) is 59.8 Å². The number of carbonyl (C=O) groups is 1. The second-order valence-corrected chi connectivity index (χ2v) is 6.39. The van der Waals surface area contributed by atoms with E-state index in [4.69, 9.17) is 5.11 Å². The summed E-state index contributed by atoms with van der Waals surface area (Å²) in [6, 6.07) is 10.4. The Hall–Kier alpha value is -1.62. The minimum atomic E-state index is -0.666. The van der Waals surface area contributed by atoms with Gasteiger partial charge in [0.25, 0.3) is 0 Å². The number of nitrogens with zero attached hydrogens (tertiary/aromatic N) is 1. The van der Waals surface area contributed by atoms with Crippen LogP contribution in [0.4, 0.5) is 5.82 Å². The molecule has 0 unspecified atom stereocenters. The first-order valence-corrected chi connectivity index (χ1v) is 7.97. The third kappa shape index (κ3) is 3.18. The molecule has 0 radical (unpaired) electrons. The van der Waals surface area contributed by atoms with E-state index >= 15 is 0 Å². The highest BCUT2D eigenvalue weighted by Crippen LogP contribution is 2.28. The molecule has 4 nitrogen and oxygen atoms in total. The monoisotopic (exact) mass is 348 g/mol. The largest absolute Gasteiger partial charge is 0.481 e. The summed E-state index contributed by atoms with van der Waals surface area (Å²) in [6.45, 7) is 0. The van der Waals surface area contributed by atoms with Gasteiger partial charge in [0.1, 0.15) is 5.82 Å². The molecule has 0 atom stereocenters. The lowest BCUT2D eigenvalue weighted by Gasteiger charge is -2.27. The number of hydrogen-bond donors (Lipinski definition) is 2. The molecule has 1 heterocycles. The average molecular weight is 349 g/mol. The van der Waals surface area contributed by atoms with Crippen LogP contribution in [0.5, 0.6) is 0 Å². The molecule has 1 aromatic carbocycles. The zero-order chi connectivity index (χ0) is 14.8. The van der Waals surface area contributed by atoms with Crippen molar-refractivity contribution in [2.75, 3.05) is 5.32 Å². The molecule has 0 amide bonds. The minimum absolute atomic E-state index is 0.179. The van der Waals surface area contributed by atoms with Crippen molar-refractivity contribution in [2.45, 2.75) is 31.7 Å². The second kappa shape index (κ2) is 6.02. The third-order valence-electron chi connectivity index (χ3n) is 4.10. The highest BCUT2D eigenvalue weighted by atomic mass is 79.9. The number of aliphatic carboxylic acids is 1. The van der Waals surface area contributed by atoms with Gasteiger partial charge in [-0.25, -0.2) is 4.98 Å². The first-order chi connectivity index (χ1) is 10.1. The standard InChI is InChI=1S/C16H17BrN2O2/c17-13-3-1-2-10-6-9-14(19-15(10)13)18-12-7-4-11(5-8-12)16(20)21/h1-3,6,9,11-12H,4-5,7-8H2,(H,18,19)(H,20,21). The van der Waals surface area contributed by atoms with Crippen molar-refractivity contribution >= 4 is 38.6 Å². The normalized spacial score (nSPS) is 22.1. The van der Waals surface area contributed by atoms with Crippen molar-refractivity contribution in [3.8, 4) is 0 Å². The van der Waals surface area contributed by atoms with Crippen LogP contribution < -0.4 is 5.32 Å². The Morgan fingerprint density at radius 1 is 1.19 bits per heavy atom. The lowest BCUT2D eigenvalue weighted by molar-refractivity contribution is -0.142. The first kappa shape index (κ1) is 14.3. The summed E-state index contributed by atoms with van der Waals surface area (Å²) in [7, 11) is 0. The van der Waals surface area contributed by atoms with E-state index in [1.165, 1.54) is 0 Å². The van der Waals surface area contributed by atoms with Crippen LogP contribution in [0.25, 0.3) is 10.9 Å². The summed E-state index contributed by atoms with van der Waals surface area (Å²) in [5.74, 6) is 0.0103. The van der Waals surface area contributed by atoms with Gasteiger partial charge in [0.05, 0.1) is 11.4 Å². The maximum atomic E-state index is 11.0. The summed E-state index contributed by atoms with van der Waals surface area (Å²) in [5, 5.41) is 13.6. The number of anilines is 1. The van der Waals surface area contributed by atoms with Gasteiger partial charge in [-0.15, -0.1) is 0 Å². The Kier molecular flexibility index (Phi) is 4.10. The molecule has 3 rings (SSSR count). The van der Waals surface area contributed by atoms with Crippen LogP contribution in [0.15, 0.2) is 34.8 Å². The van der Waals surface area contributed by atoms with Crippen LogP contribution in [0.3, 0.4) is 0 Å². The number of hydrogen-bond acceptors (Lipinski definition) is 3. The van der Waals surface area contributed by atoms with Crippen LogP contribution in [0.2, 0.25) is 0 Å². The number of para-hydroxylation sites is 1. The smallest absolute Gasteiger partial charge is 0.306 e. The van der Waals surface area contributed by atoms with Gasteiger partial charge >= 0.3 is 5.97 Å². The van der Waals surface area contributed by atoms with Gasteiger partial charge in [0.2, 0.25) is 0 Å². The number of aromatic nitrogens is 1. The number of carboxylic acid groups (broad SMARTS) is 1. The molecular formula is C16H17BrN2O2. The van der Waals surface area contributed by atoms with E-state index < -0.39 is 5.97 Å². The van der Waals surface area contributed by atoms with Crippen molar-refractivity contribution in [1.82, 2.24) is 4.98 Å². The predicted octanol–water partition coefficient (Wildman–Crippen LogP) is 4.05. The zero-order valence-corrected chi connectivity index (χ0v) is 13.1. The van der Waals surface area contributed by atoms with Crippen LogP contribution in [-0.2, 0) is 4.79 Å². The number of carboxylic acids is 1. The lowest BCUT2D eigenvalue weighted by Crippen LogP contribution is -2.29. The molecule has 0 spiro atoms. The van der Waals surface area contributed by atoms with Gasteiger partial charge in [-0.3, -0.25) is 4.79 Å². The molecule has 1 aliphatic carbocycles. The molecule has 2 aromatic rings. The van der Waals surface area contributed by atoms with E-state index in [1.54, 1.807) is 0 Å². The molecule has 0 aliphatic heterocycles. The zero-order valence-electron chi connectivity index (χ0n) is 11.6. The SMILES string of the molecule is O=C(O)C1CCC(Nc2ccc3cccc(Br)c3n2)CC1. The Bertz CT molecular complexity index is 666. The van der Waals surface area contributed by atoms with Gasteiger partial charge in [0, 0.05) is 15.9 Å². The Morgan fingerprint density at radius 2 is 1.95 bits per heavy atom. The van der Waals surface area contributed by atoms with E-state index in [0.717, 1.165) is 46.9 Å². The second-order valence-electron chi connectivity index (χ2n) is 5.54. The quantitative estimate of drug-likeness (QED) is 0.878.